The second kappa shape index (κ2) is 10.3. The van der Waals surface area contributed by atoms with Gasteiger partial charge in [-0.05, 0) is 25.0 Å². The summed E-state index contributed by atoms with van der Waals surface area (Å²) < 4.78 is 27.8. The van der Waals surface area contributed by atoms with Gasteiger partial charge in [-0.1, -0.05) is 24.3 Å². The van der Waals surface area contributed by atoms with E-state index in [1.54, 1.807) is 13.8 Å². The first kappa shape index (κ1) is 21.4. The number of esters is 1. The summed E-state index contributed by atoms with van der Waals surface area (Å²) in [4.78, 5) is 23.0. The number of amides is 1. The molecule has 0 aromatic heterocycles. The molecule has 0 heterocycles. The van der Waals surface area contributed by atoms with Crippen molar-refractivity contribution in [2.75, 3.05) is 20.3 Å². The van der Waals surface area contributed by atoms with Gasteiger partial charge in [-0.15, -0.1) is 0 Å². The average molecular weight is 371 g/mol. The third-order valence-electron chi connectivity index (χ3n) is 3.35. The Labute approximate surface area is 148 Å². The number of carbonyl (C=O) groups is 2. The molecule has 0 spiro atoms. The van der Waals surface area contributed by atoms with Crippen molar-refractivity contribution in [2.45, 2.75) is 39.4 Å². The molecule has 1 aromatic carbocycles. The highest BCUT2D eigenvalue weighted by atomic mass is 31.2. The van der Waals surface area contributed by atoms with Gasteiger partial charge in [0.1, 0.15) is 6.04 Å². The molecule has 1 rings (SSSR count). The van der Waals surface area contributed by atoms with Crippen LogP contribution in [0.15, 0.2) is 24.3 Å². The molecule has 25 heavy (non-hydrogen) atoms. The molecule has 8 heteroatoms. The zero-order valence-corrected chi connectivity index (χ0v) is 16.0. The van der Waals surface area contributed by atoms with Gasteiger partial charge < -0.3 is 19.1 Å². The van der Waals surface area contributed by atoms with Crippen molar-refractivity contribution in [1.82, 2.24) is 5.32 Å². The van der Waals surface area contributed by atoms with E-state index < -0.39 is 19.6 Å². The highest BCUT2D eigenvalue weighted by Gasteiger charge is 2.24. The maximum absolute atomic E-state index is 12.5. The van der Waals surface area contributed by atoms with Crippen LogP contribution >= 0.6 is 7.60 Å². The third-order valence-corrected chi connectivity index (χ3v) is 5.41. The lowest BCUT2D eigenvalue weighted by molar-refractivity contribution is -0.144. The topological polar surface area (TPSA) is 90.9 Å². The van der Waals surface area contributed by atoms with Crippen LogP contribution < -0.4 is 5.32 Å². The van der Waals surface area contributed by atoms with Gasteiger partial charge in [0.25, 0.3) is 0 Å². The summed E-state index contributed by atoms with van der Waals surface area (Å²) in [6, 6.07) is 6.50. The first-order chi connectivity index (χ1) is 11.8. The second-order valence-corrected chi connectivity index (χ2v) is 7.46. The summed E-state index contributed by atoms with van der Waals surface area (Å²) in [5.41, 5.74) is 1.65. The van der Waals surface area contributed by atoms with Crippen LogP contribution in [-0.2, 0) is 40.5 Å². The Morgan fingerprint density at radius 3 is 2.04 bits per heavy atom. The van der Waals surface area contributed by atoms with Gasteiger partial charge in [-0.25, -0.2) is 4.79 Å². The molecule has 1 atom stereocenters. The highest BCUT2D eigenvalue weighted by molar-refractivity contribution is 7.53. The molecule has 140 valence electrons. The zero-order valence-electron chi connectivity index (χ0n) is 15.1. The van der Waals surface area contributed by atoms with E-state index in [-0.39, 0.29) is 12.1 Å². The minimum absolute atomic E-state index is 0.182. The molecular formula is C17H26NO6P. The summed E-state index contributed by atoms with van der Waals surface area (Å²) in [7, 11) is -1.88. The molecule has 0 aliphatic carbocycles. The largest absolute Gasteiger partial charge is 0.467 e. The third kappa shape index (κ3) is 7.38. The number of benzene rings is 1. The van der Waals surface area contributed by atoms with E-state index >= 15 is 0 Å². The minimum atomic E-state index is -3.15. The van der Waals surface area contributed by atoms with Gasteiger partial charge in [-0.2, -0.15) is 0 Å². The Balaban J connectivity index is 2.82. The van der Waals surface area contributed by atoms with E-state index in [0.717, 1.165) is 11.1 Å². The van der Waals surface area contributed by atoms with Crippen LogP contribution in [0.4, 0.5) is 0 Å². The van der Waals surface area contributed by atoms with E-state index in [9.17, 15) is 14.2 Å². The van der Waals surface area contributed by atoms with Crippen molar-refractivity contribution < 1.29 is 27.9 Å². The molecule has 0 aliphatic heterocycles. The van der Waals surface area contributed by atoms with Gasteiger partial charge in [0, 0.05) is 13.3 Å². The van der Waals surface area contributed by atoms with Gasteiger partial charge in [0.05, 0.1) is 26.5 Å². The smallest absolute Gasteiger partial charge is 0.335 e. The summed E-state index contributed by atoms with van der Waals surface area (Å²) in [6.45, 7) is 5.51. The fourth-order valence-corrected chi connectivity index (χ4v) is 4.04. The van der Waals surface area contributed by atoms with Crippen LogP contribution in [0.3, 0.4) is 0 Å². The van der Waals surface area contributed by atoms with Crippen molar-refractivity contribution in [3.05, 3.63) is 35.4 Å². The maximum Gasteiger partial charge on any atom is 0.335 e. The SMILES string of the molecule is CCOP(=O)(Cc1ccc(CC(NC(C)=O)C(=O)OC)cc1)OCC. The number of rotatable bonds is 10. The molecule has 0 saturated carbocycles. The summed E-state index contributed by atoms with van der Waals surface area (Å²) in [6.07, 6.45) is 0.488. The predicted octanol–water partition coefficient (Wildman–Crippen LogP) is 2.67. The van der Waals surface area contributed by atoms with Crippen molar-refractivity contribution in [3.63, 3.8) is 0 Å². The summed E-state index contributed by atoms with van der Waals surface area (Å²) >= 11 is 0. The van der Waals surface area contributed by atoms with Crippen molar-refractivity contribution in [3.8, 4) is 0 Å². The second-order valence-electron chi connectivity index (χ2n) is 5.40. The number of hydrogen-bond acceptors (Lipinski definition) is 6. The fraction of sp³-hybridized carbons (Fsp3) is 0.529. The lowest BCUT2D eigenvalue weighted by Crippen LogP contribution is -2.41. The minimum Gasteiger partial charge on any atom is -0.467 e. The van der Waals surface area contributed by atoms with Crippen LogP contribution in [-0.4, -0.2) is 38.2 Å². The molecule has 0 saturated heterocycles. The number of hydrogen-bond donors (Lipinski definition) is 1. The van der Waals surface area contributed by atoms with E-state index in [1.807, 2.05) is 24.3 Å². The maximum atomic E-state index is 12.5. The number of ether oxygens (including phenoxy) is 1. The van der Waals surface area contributed by atoms with E-state index in [4.69, 9.17) is 13.8 Å². The lowest BCUT2D eigenvalue weighted by Gasteiger charge is -2.18. The molecule has 1 N–H and O–H groups in total. The van der Waals surface area contributed by atoms with Crippen molar-refractivity contribution >= 4 is 19.5 Å². The van der Waals surface area contributed by atoms with Crippen LogP contribution in [0.2, 0.25) is 0 Å². The summed E-state index contributed by atoms with van der Waals surface area (Å²) in [5, 5.41) is 2.57. The monoisotopic (exact) mass is 371 g/mol. The zero-order chi connectivity index (χ0) is 18.9. The average Bonchev–Trinajstić information content (AvgIpc) is 2.55. The Morgan fingerprint density at radius 1 is 1.08 bits per heavy atom. The van der Waals surface area contributed by atoms with Crippen LogP contribution in [0.25, 0.3) is 0 Å². The Bertz CT molecular complexity index is 606. The van der Waals surface area contributed by atoms with Gasteiger partial charge in [0.2, 0.25) is 5.91 Å². The quantitative estimate of drug-likeness (QED) is 0.502. The molecule has 1 amide bonds. The van der Waals surface area contributed by atoms with Gasteiger partial charge >= 0.3 is 13.6 Å². The summed E-state index contributed by atoms with van der Waals surface area (Å²) in [5.74, 6) is -0.808. The number of carbonyl (C=O) groups excluding carboxylic acids is 2. The fourth-order valence-electron chi connectivity index (χ4n) is 2.34. The predicted molar refractivity (Wildman–Crippen MR) is 94.3 cm³/mol. The van der Waals surface area contributed by atoms with E-state index in [1.165, 1.54) is 14.0 Å². The Hall–Kier alpha value is -1.69. The molecule has 1 aromatic rings. The van der Waals surface area contributed by atoms with Crippen LogP contribution in [0.1, 0.15) is 31.9 Å². The molecule has 0 aliphatic rings. The normalized spacial score (nSPS) is 12.5. The van der Waals surface area contributed by atoms with Gasteiger partial charge in [0.15, 0.2) is 0 Å². The highest BCUT2D eigenvalue weighted by Crippen LogP contribution is 2.51. The van der Waals surface area contributed by atoms with E-state index in [2.05, 4.69) is 5.32 Å². The molecule has 0 bridgehead atoms. The first-order valence-electron chi connectivity index (χ1n) is 8.14. The van der Waals surface area contributed by atoms with Crippen LogP contribution in [0.5, 0.6) is 0 Å². The number of methoxy groups -OCH3 is 1. The molecule has 7 nitrogen and oxygen atoms in total. The van der Waals surface area contributed by atoms with Crippen molar-refractivity contribution in [2.24, 2.45) is 0 Å². The standard InChI is InChI=1S/C17H26NO6P/c1-5-23-25(21,24-6-2)12-15-9-7-14(8-10-15)11-16(17(20)22-4)18-13(3)19/h7-10,16H,5-6,11-12H2,1-4H3,(H,18,19). The lowest BCUT2D eigenvalue weighted by atomic mass is 10.0. The van der Waals surface area contributed by atoms with Crippen molar-refractivity contribution in [1.29, 1.82) is 0 Å². The Morgan fingerprint density at radius 2 is 1.60 bits per heavy atom. The van der Waals surface area contributed by atoms with Gasteiger partial charge in [-0.3, -0.25) is 9.36 Å². The van der Waals surface area contributed by atoms with Crippen LogP contribution in [0, 0.1) is 0 Å². The molecular weight excluding hydrogens is 345 g/mol. The van der Waals surface area contributed by atoms with E-state index in [0.29, 0.717) is 19.6 Å². The Kier molecular flexibility index (Phi) is 8.83. The molecule has 1 unspecified atom stereocenters. The first-order valence-corrected chi connectivity index (χ1v) is 9.87. The molecule has 0 fully saturated rings. The molecule has 0 radical (unpaired) electrons. The number of nitrogens with one attached hydrogen (secondary N) is 1.